The predicted octanol–water partition coefficient (Wildman–Crippen LogP) is 3.56. The number of anilines is 1. The third-order valence-corrected chi connectivity index (χ3v) is 4.73. The summed E-state index contributed by atoms with van der Waals surface area (Å²) in [7, 11) is 0. The second-order valence-electron chi connectivity index (χ2n) is 6.81. The van der Waals surface area contributed by atoms with Gasteiger partial charge in [0.1, 0.15) is 5.82 Å². The van der Waals surface area contributed by atoms with Crippen LogP contribution in [0.25, 0.3) is 6.08 Å². The van der Waals surface area contributed by atoms with Gasteiger partial charge in [-0.05, 0) is 55.1 Å². The average molecular weight is 439 g/mol. The number of amides is 1. The highest BCUT2D eigenvalue weighted by Crippen LogP contribution is 2.16. The van der Waals surface area contributed by atoms with E-state index in [2.05, 4.69) is 45.5 Å². The maximum absolute atomic E-state index is 11.0. The molecule has 1 fully saturated rings. The molecule has 1 atom stereocenters. The number of aryl methyl sites for hydroxylation is 1. The van der Waals surface area contributed by atoms with Gasteiger partial charge in [-0.15, -0.1) is 24.8 Å². The lowest BCUT2D eigenvalue weighted by Crippen LogP contribution is -2.27. The second-order valence-corrected chi connectivity index (χ2v) is 6.81. The predicted molar refractivity (Wildman–Crippen MR) is 121 cm³/mol. The van der Waals surface area contributed by atoms with Gasteiger partial charge in [0.05, 0.1) is 0 Å². The molecule has 2 heterocycles. The fourth-order valence-electron chi connectivity index (χ4n) is 3.31. The van der Waals surface area contributed by atoms with Crippen LogP contribution in [0.4, 0.5) is 5.82 Å². The van der Waals surface area contributed by atoms with Crippen LogP contribution in [0.1, 0.15) is 24.0 Å². The maximum atomic E-state index is 11.0. The van der Waals surface area contributed by atoms with Crippen LogP contribution in [0.2, 0.25) is 0 Å². The molecule has 0 radical (unpaired) electrons. The smallest absolute Gasteiger partial charge is 0.267 e. The Morgan fingerprint density at radius 2 is 2.00 bits per heavy atom. The summed E-state index contributed by atoms with van der Waals surface area (Å²) in [6.45, 7) is 3.27. The molecule has 0 spiro atoms. The summed E-state index contributed by atoms with van der Waals surface area (Å²) < 4.78 is 0. The molecular formula is C21H28Cl2N4O2. The van der Waals surface area contributed by atoms with Crippen LogP contribution in [0.15, 0.2) is 54.7 Å². The van der Waals surface area contributed by atoms with E-state index in [9.17, 15) is 4.79 Å². The Balaban J connectivity index is 0.00000210. The van der Waals surface area contributed by atoms with Crippen LogP contribution in [-0.4, -0.2) is 46.7 Å². The summed E-state index contributed by atoms with van der Waals surface area (Å²) in [5.41, 5.74) is 3.77. The number of carbonyl (C=O) groups excluding carboxylic acids is 1. The van der Waals surface area contributed by atoms with E-state index in [1.54, 1.807) is 17.8 Å². The topological polar surface area (TPSA) is 77.5 Å². The minimum absolute atomic E-state index is 0. The van der Waals surface area contributed by atoms with Crippen molar-refractivity contribution >= 4 is 42.6 Å². The zero-order valence-electron chi connectivity index (χ0n) is 16.2. The van der Waals surface area contributed by atoms with Gasteiger partial charge in [-0.2, -0.15) is 0 Å². The molecular weight excluding hydrogens is 411 g/mol. The summed E-state index contributed by atoms with van der Waals surface area (Å²) in [5.74, 6) is 0.283. The van der Waals surface area contributed by atoms with Crippen molar-refractivity contribution < 1.29 is 10.0 Å². The molecule has 3 rings (SSSR count). The zero-order chi connectivity index (χ0) is 18.9. The van der Waals surface area contributed by atoms with Gasteiger partial charge in [-0.1, -0.05) is 30.3 Å². The van der Waals surface area contributed by atoms with Crippen LogP contribution in [0, 0.1) is 0 Å². The van der Waals surface area contributed by atoms with Gasteiger partial charge in [0, 0.05) is 31.4 Å². The number of aromatic nitrogens is 1. The summed E-state index contributed by atoms with van der Waals surface area (Å²) in [5, 5.41) is 12.0. The first-order valence-electron chi connectivity index (χ1n) is 9.34. The molecule has 1 aliphatic heterocycles. The van der Waals surface area contributed by atoms with Crippen LogP contribution in [0.3, 0.4) is 0 Å². The molecule has 0 bridgehead atoms. The van der Waals surface area contributed by atoms with E-state index in [-0.39, 0.29) is 24.8 Å². The number of rotatable bonds is 8. The average Bonchev–Trinajstić information content (AvgIpc) is 3.15. The Morgan fingerprint density at radius 3 is 2.69 bits per heavy atom. The number of hydrogen-bond acceptors (Lipinski definition) is 5. The summed E-state index contributed by atoms with van der Waals surface area (Å²) in [6, 6.07) is 14.8. The van der Waals surface area contributed by atoms with Crippen LogP contribution in [-0.2, 0) is 11.2 Å². The van der Waals surface area contributed by atoms with E-state index in [0.29, 0.717) is 6.04 Å². The Kier molecular flexibility index (Phi) is 11.3. The third-order valence-electron chi connectivity index (χ3n) is 4.73. The van der Waals surface area contributed by atoms with Crippen molar-refractivity contribution in [3.05, 3.63) is 65.9 Å². The first-order chi connectivity index (χ1) is 13.2. The zero-order valence-corrected chi connectivity index (χ0v) is 17.8. The minimum Gasteiger partial charge on any atom is -0.366 e. The van der Waals surface area contributed by atoms with Crippen molar-refractivity contribution in [2.24, 2.45) is 0 Å². The number of carbonyl (C=O) groups is 1. The molecule has 1 aromatic heterocycles. The second kappa shape index (κ2) is 13.2. The highest BCUT2D eigenvalue weighted by Gasteiger charge is 2.21. The molecule has 1 aromatic carbocycles. The van der Waals surface area contributed by atoms with Gasteiger partial charge in [-0.3, -0.25) is 10.0 Å². The Bertz CT molecular complexity index is 757. The molecule has 6 nitrogen and oxygen atoms in total. The van der Waals surface area contributed by atoms with Crippen LogP contribution >= 0.6 is 24.8 Å². The molecule has 1 amide bonds. The van der Waals surface area contributed by atoms with E-state index in [1.807, 2.05) is 12.1 Å². The Labute approximate surface area is 184 Å². The molecule has 0 aliphatic carbocycles. The summed E-state index contributed by atoms with van der Waals surface area (Å²) in [6.07, 6.45) is 7.99. The monoisotopic (exact) mass is 438 g/mol. The number of benzene rings is 1. The molecule has 29 heavy (non-hydrogen) atoms. The highest BCUT2D eigenvalue weighted by atomic mass is 35.5. The number of nitrogens with one attached hydrogen (secondary N) is 2. The molecule has 1 saturated heterocycles. The number of pyridine rings is 1. The van der Waals surface area contributed by atoms with Crippen molar-refractivity contribution in [2.75, 3.05) is 25.0 Å². The normalized spacial score (nSPS) is 16.1. The van der Waals surface area contributed by atoms with E-state index in [1.165, 1.54) is 18.1 Å². The van der Waals surface area contributed by atoms with E-state index in [0.717, 1.165) is 43.9 Å². The maximum Gasteiger partial charge on any atom is 0.267 e. The van der Waals surface area contributed by atoms with Crippen molar-refractivity contribution in [3.8, 4) is 0 Å². The van der Waals surface area contributed by atoms with E-state index >= 15 is 0 Å². The van der Waals surface area contributed by atoms with E-state index < -0.39 is 5.91 Å². The van der Waals surface area contributed by atoms with Gasteiger partial charge in [0.25, 0.3) is 5.91 Å². The molecule has 1 aliphatic rings. The van der Waals surface area contributed by atoms with Crippen molar-refractivity contribution in [1.82, 2.24) is 15.4 Å². The quantitative estimate of drug-likeness (QED) is 0.333. The van der Waals surface area contributed by atoms with Gasteiger partial charge in [-0.25, -0.2) is 10.5 Å². The van der Waals surface area contributed by atoms with Crippen LogP contribution in [0.5, 0.6) is 0 Å². The summed E-state index contributed by atoms with van der Waals surface area (Å²) >= 11 is 0. The minimum atomic E-state index is -0.560. The van der Waals surface area contributed by atoms with Gasteiger partial charge in [0.15, 0.2) is 0 Å². The number of hydrogen-bond donors (Lipinski definition) is 3. The fraction of sp³-hybridized carbons (Fsp3) is 0.333. The largest absolute Gasteiger partial charge is 0.366 e. The Morgan fingerprint density at radius 1 is 1.21 bits per heavy atom. The lowest BCUT2D eigenvalue weighted by molar-refractivity contribution is -0.124. The van der Waals surface area contributed by atoms with Gasteiger partial charge in [0.2, 0.25) is 0 Å². The molecule has 0 saturated carbocycles. The standard InChI is InChI=1S/C21H26N4O2.2ClH/c26-21(24-27)11-9-18-8-10-20(22-15-18)23-19-12-14-25(16-19)13-4-7-17-5-2-1-3-6-17;;/h1-3,5-6,8-11,15,19,27H,4,7,12-14,16H2,(H,22,23)(H,24,26);2*1H/b11-9+;;/t19-;;/m1../s1. The van der Waals surface area contributed by atoms with E-state index in [4.69, 9.17) is 5.21 Å². The van der Waals surface area contributed by atoms with Gasteiger partial charge < -0.3 is 10.2 Å². The number of nitrogens with zero attached hydrogens (tertiary/aromatic N) is 2. The number of likely N-dealkylation sites (tertiary alicyclic amines) is 1. The first-order valence-corrected chi connectivity index (χ1v) is 9.34. The summed E-state index contributed by atoms with van der Waals surface area (Å²) in [4.78, 5) is 17.9. The van der Waals surface area contributed by atoms with Crippen molar-refractivity contribution in [3.63, 3.8) is 0 Å². The Hall–Kier alpha value is -2.12. The SMILES string of the molecule is Cl.Cl.O=C(/C=C/c1ccc(N[C@@H]2CCN(CCCc3ccccc3)C2)nc1)NO. The fourth-order valence-corrected chi connectivity index (χ4v) is 3.31. The molecule has 8 heteroatoms. The molecule has 3 N–H and O–H groups in total. The van der Waals surface area contributed by atoms with Crippen molar-refractivity contribution in [2.45, 2.75) is 25.3 Å². The molecule has 158 valence electrons. The lowest BCUT2D eigenvalue weighted by Gasteiger charge is -2.17. The number of halogens is 2. The third kappa shape index (κ3) is 8.41. The molecule has 0 unspecified atom stereocenters. The van der Waals surface area contributed by atoms with Crippen LogP contribution < -0.4 is 10.8 Å². The number of hydroxylamine groups is 1. The van der Waals surface area contributed by atoms with Gasteiger partial charge >= 0.3 is 0 Å². The molecule has 2 aromatic rings. The lowest BCUT2D eigenvalue weighted by atomic mass is 10.1. The first kappa shape index (κ1) is 24.9. The van der Waals surface area contributed by atoms with Crippen molar-refractivity contribution in [1.29, 1.82) is 0 Å². The highest BCUT2D eigenvalue weighted by molar-refractivity contribution is 5.90.